The second-order valence-electron chi connectivity index (χ2n) is 7.12. The lowest BCUT2D eigenvalue weighted by atomic mass is 10.3. The van der Waals surface area contributed by atoms with Crippen molar-refractivity contribution < 1.29 is 9.13 Å². The summed E-state index contributed by atoms with van der Waals surface area (Å²) in [6, 6.07) is 15.6. The van der Waals surface area contributed by atoms with Gasteiger partial charge in [0.15, 0.2) is 5.96 Å². The summed E-state index contributed by atoms with van der Waals surface area (Å²) < 4.78 is 18.6. The highest BCUT2D eigenvalue weighted by molar-refractivity contribution is 5.80. The number of anilines is 1. The van der Waals surface area contributed by atoms with E-state index in [9.17, 15) is 4.39 Å². The van der Waals surface area contributed by atoms with Crippen LogP contribution in [-0.4, -0.2) is 54.1 Å². The number of guanidine groups is 1. The van der Waals surface area contributed by atoms with Crippen molar-refractivity contribution in [3.8, 4) is 11.6 Å². The maximum absolute atomic E-state index is 13.0. The van der Waals surface area contributed by atoms with E-state index < -0.39 is 0 Å². The molecule has 1 aliphatic rings. The van der Waals surface area contributed by atoms with Gasteiger partial charge in [0.25, 0.3) is 0 Å². The molecular formula is C23H25FN6O. The lowest BCUT2D eigenvalue weighted by Crippen LogP contribution is -2.52. The molecule has 1 fully saturated rings. The molecular weight excluding hydrogens is 395 g/mol. The van der Waals surface area contributed by atoms with E-state index in [0.29, 0.717) is 18.2 Å². The van der Waals surface area contributed by atoms with Crippen LogP contribution in [-0.2, 0) is 6.54 Å². The number of benzene rings is 1. The van der Waals surface area contributed by atoms with Crippen molar-refractivity contribution in [2.24, 2.45) is 4.99 Å². The normalized spacial score (nSPS) is 14.5. The van der Waals surface area contributed by atoms with E-state index in [4.69, 9.17) is 4.74 Å². The van der Waals surface area contributed by atoms with E-state index >= 15 is 0 Å². The SMILES string of the molecule is CN=C(NCc1ccc(Oc2ccc(F)cc2)nc1)N1CCN(c2ccccn2)CC1. The zero-order valence-electron chi connectivity index (χ0n) is 17.4. The Morgan fingerprint density at radius 1 is 1.03 bits per heavy atom. The van der Waals surface area contributed by atoms with Gasteiger partial charge in [-0.15, -0.1) is 0 Å². The van der Waals surface area contributed by atoms with Crippen LogP contribution in [0.3, 0.4) is 0 Å². The van der Waals surface area contributed by atoms with Crippen LogP contribution < -0.4 is 15.0 Å². The molecule has 7 nitrogen and oxygen atoms in total. The van der Waals surface area contributed by atoms with Crippen LogP contribution in [0, 0.1) is 5.82 Å². The molecule has 0 atom stereocenters. The fraction of sp³-hybridized carbons (Fsp3) is 0.261. The number of hydrogen-bond donors (Lipinski definition) is 1. The first kappa shape index (κ1) is 20.6. The molecule has 1 N–H and O–H groups in total. The van der Waals surface area contributed by atoms with Gasteiger partial charge in [0.1, 0.15) is 17.4 Å². The molecule has 0 spiro atoms. The van der Waals surface area contributed by atoms with Crippen LogP contribution in [0.1, 0.15) is 5.56 Å². The largest absolute Gasteiger partial charge is 0.439 e. The van der Waals surface area contributed by atoms with Crippen molar-refractivity contribution in [3.05, 3.63) is 78.4 Å². The highest BCUT2D eigenvalue weighted by Crippen LogP contribution is 2.19. The van der Waals surface area contributed by atoms with E-state index in [-0.39, 0.29) is 5.82 Å². The minimum absolute atomic E-state index is 0.298. The van der Waals surface area contributed by atoms with Gasteiger partial charge in [-0.2, -0.15) is 0 Å². The Labute approximate surface area is 181 Å². The average Bonchev–Trinajstić information content (AvgIpc) is 2.83. The first-order valence-corrected chi connectivity index (χ1v) is 10.2. The van der Waals surface area contributed by atoms with Gasteiger partial charge in [-0.1, -0.05) is 12.1 Å². The third-order valence-corrected chi connectivity index (χ3v) is 5.05. The first-order chi connectivity index (χ1) is 15.2. The maximum atomic E-state index is 13.0. The Morgan fingerprint density at radius 2 is 1.84 bits per heavy atom. The zero-order chi connectivity index (χ0) is 21.5. The van der Waals surface area contributed by atoms with E-state index in [2.05, 4.69) is 30.1 Å². The highest BCUT2D eigenvalue weighted by Gasteiger charge is 2.20. The smallest absolute Gasteiger partial charge is 0.219 e. The molecule has 8 heteroatoms. The molecule has 0 aliphatic carbocycles. The van der Waals surface area contributed by atoms with Crippen LogP contribution in [0.2, 0.25) is 0 Å². The second kappa shape index (κ2) is 9.88. The summed E-state index contributed by atoms with van der Waals surface area (Å²) in [6.07, 6.45) is 3.59. The molecule has 160 valence electrons. The molecule has 31 heavy (non-hydrogen) atoms. The van der Waals surface area contributed by atoms with Gasteiger partial charge in [0.2, 0.25) is 5.88 Å². The molecule has 0 saturated carbocycles. The number of hydrogen-bond acceptors (Lipinski definition) is 5. The summed E-state index contributed by atoms with van der Waals surface area (Å²) in [5.41, 5.74) is 1.01. The van der Waals surface area contributed by atoms with Gasteiger partial charge in [-0.3, -0.25) is 4.99 Å². The Balaban J connectivity index is 1.27. The number of aliphatic imine (C=N–C) groups is 1. The summed E-state index contributed by atoms with van der Waals surface area (Å²) in [7, 11) is 1.80. The maximum Gasteiger partial charge on any atom is 0.219 e. The van der Waals surface area contributed by atoms with Gasteiger partial charge in [0, 0.05) is 58.2 Å². The number of halogens is 1. The summed E-state index contributed by atoms with van der Waals surface area (Å²) in [4.78, 5) is 17.7. The minimum Gasteiger partial charge on any atom is -0.439 e. The van der Waals surface area contributed by atoms with Crippen molar-refractivity contribution >= 4 is 11.8 Å². The van der Waals surface area contributed by atoms with E-state index in [1.54, 1.807) is 31.4 Å². The van der Waals surface area contributed by atoms with E-state index in [0.717, 1.165) is 43.5 Å². The fourth-order valence-electron chi connectivity index (χ4n) is 3.40. The predicted molar refractivity (Wildman–Crippen MR) is 119 cm³/mol. The first-order valence-electron chi connectivity index (χ1n) is 10.2. The van der Waals surface area contributed by atoms with Crippen LogP contribution in [0.25, 0.3) is 0 Å². The predicted octanol–water partition coefficient (Wildman–Crippen LogP) is 3.31. The topological polar surface area (TPSA) is 65.9 Å². The van der Waals surface area contributed by atoms with Crippen molar-refractivity contribution in [1.29, 1.82) is 0 Å². The second-order valence-corrected chi connectivity index (χ2v) is 7.12. The molecule has 1 aromatic carbocycles. The molecule has 0 radical (unpaired) electrons. The lowest BCUT2D eigenvalue weighted by molar-refractivity contribution is 0.371. The molecule has 4 rings (SSSR count). The Kier molecular flexibility index (Phi) is 6.56. The molecule has 3 aromatic rings. The quantitative estimate of drug-likeness (QED) is 0.505. The molecule has 0 unspecified atom stereocenters. The Hall–Kier alpha value is -3.68. The van der Waals surface area contributed by atoms with Gasteiger partial charge < -0.3 is 19.9 Å². The summed E-state index contributed by atoms with van der Waals surface area (Å²) in [6.45, 7) is 4.15. The highest BCUT2D eigenvalue weighted by atomic mass is 19.1. The average molecular weight is 420 g/mol. The third kappa shape index (κ3) is 5.48. The Morgan fingerprint density at radius 3 is 2.48 bits per heavy atom. The van der Waals surface area contributed by atoms with E-state index in [1.165, 1.54) is 12.1 Å². The van der Waals surface area contributed by atoms with Crippen LogP contribution in [0.5, 0.6) is 11.6 Å². The zero-order valence-corrected chi connectivity index (χ0v) is 17.4. The van der Waals surface area contributed by atoms with Crippen molar-refractivity contribution in [2.45, 2.75) is 6.54 Å². The number of ether oxygens (including phenoxy) is 1. The molecule has 0 bridgehead atoms. The van der Waals surface area contributed by atoms with Crippen LogP contribution >= 0.6 is 0 Å². The number of aromatic nitrogens is 2. The Bertz CT molecular complexity index is 987. The standard InChI is InChI=1S/C23H25FN6O/c1-25-23(30-14-12-29(13-15-30)21-4-2-3-11-26-21)28-17-18-5-10-22(27-16-18)31-20-8-6-19(24)7-9-20/h2-11,16H,12-15,17H2,1H3,(H,25,28). The number of nitrogens with one attached hydrogen (secondary N) is 1. The van der Waals surface area contributed by atoms with Crippen LogP contribution in [0.15, 0.2) is 72.0 Å². The molecule has 1 aliphatic heterocycles. The van der Waals surface area contributed by atoms with E-state index in [1.807, 2.05) is 30.5 Å². The third-order valence-electron chi connectivity index (χ3n) is 5.05. The summed E-state index contributed by atoms with van der Waals surface area (Å²) in [5, 5.41) is 3.40. The van der Waals surface area contributed by atoms with Crippen LogP contribution in [0.4, 0.5) is 10.2 Å². The minimum atomic E-state index is -0.298. The van der Waals surface area contributed by atoms with Gasteiger partial charge in [-0.25, -0.2) is 14.4 Å². The number of pyridine rings is 2. The number of piperazine rings is 1. The van der Waals surface area contributed by atoms with Crippen molar-refractivity contribution in [2.75, 3.05) is 38.1 Å². The molecule has 0 amide bonds. The fourth-order valence-corrected chi connectivity index (χ4v) is 3.40. The summed E-state index contributed by atoms with van der Waals surface area (Å²) in [5.74, 6) is 2.59. The van der Waals surface area contributed by atoms with Gasteiger partial charge in [-0.05, 0) is 42.0 Å². The lowest BCUT2D eigenvalue weighted by Gasteiger charge is -2.37. The van der Waals surface area contributed by atoms with Gasteiger partial charge >= 0.3 is 0 Å². The molecule has 2 aromatic heterocycles. The summed E-state index contributed by atoms with van der Waals surface area (Å²) >= 11 is 0. The molecule has 3 heterocycles. The monoisotopic (exact) mass is 420 g/mol. The number of rotatable bonds is 5. The van der Waals surface area contributed by atoms with Gasteiger partial charge in [0.05, 0.1) is 0 Å². The van der Waals surface area contributed by atoms with Crippen molar-refractivity contribution in [3.63, 3.8) is 0 Å². The molecule has 1 saturated heterocycles. The van der Waals surface area contributed by atoms with Crippen molar-refractivity contribution in [1.82, 2.24) is 20.2 Å². The number of nitrogens with zero attached hydrogens (tertiary/aromatic N) is 5.